The fourth-order valence-corrected chi connectivity index (χ4v) is 4.19. The summed E-state index contributed by atoms with van der Waals surface area (Å²) in [5.41, 5.74) is 3.95. The van der Waals surface area contributed by atoms with E-state index in [0.29, 0.717) is 6.42 Å². The summed E-state index contributed by atoms with van der Waals surface area (Å²) in [6.45, 7) is 1.93. The minimum Gasteiger partial charge on any atom is -0.463 e. The van der Waals surface area contributed by atoms with E-state index in [4.69, 9.17) is 9.52 Å². The van der Waals surface area contributed by atoms with E-state index < -0.39 is 0 Å². The summed E-state index contributed by atoms with van der Waals surface area (Å²) in [5, 5.41) is 4.71. The number of amides is 1. The second-order valence-electron chi connectivity index (χ2n) is 6.54. The molecule has 24 heavy (non-hydrogen) atoms. The van der Waals surface area contributed by atoms with Gasteiger partial charge in [-0.05, 0) is 25.0 Å². The molecule has 0 aromatic carbocycles. The third kappa shape index (κ3) is 1.79. The third-order valence-corrected chi connectivity index (χ3v) is 5.27. The Morgan fingerprint density at radius 2 is 2.33 bits per heavy atom. The van der Waals surface area contributed by atoms with Crippen molar-refractivity contribution in [3.05, 3.63) is 41.9 Å². The molecule has 0 unspecified atom stereocenters. The molecule has 6 nitrogen and oxygen atoms in total. The lowest BCUT2D eigenvalue weighted by Crippen LogP contribution is -2.42. The number of fused-ring (bicyclic) bond motifs is 6. The first-order valence-corrected chi connectivity index (χ1v) is 8.49. The molecule has 3 aromatic rings. The summed E-state index contributed by atoms with van der Waals surface area (Å²) in [5.74, 6) is 0.987. The molecule has 1 fully saturated rings. The van der Waals surface area contributed by atoms with Crippen LogP contribution in [0.3, 0.4) is 0 Å². The lowest BCUT2D eigenvalue weighted by Gasteiger charge is -2.36. The predicted molar refractivity (Wildman–Crippen MR) is 87.3 cm³/mol. The maximum atomic E-state index is 12.3. The van der Waals surface area contributed by atoms with Crippen molar-refractivity contribution in [2.24, 2.45) is 0 Å². The van der Waals surface area contributed by atoms with E-state index in [1.165, 1.54) is 5.69 Å². The quantitative estimate of drug-likeness (QED) is 0.727. The number of furan rings is 1. The molecule has 122 valence electrons. The molecule has 5 rings (SSSR count). The van der Waals surface area contributed by atoms with E-state index in [-0.39, 0.29) is 18.0 Å². The van der Waals surface area contributed by atoms with Gasteiger partial charge in [0.25, 0.3) is 0 Å². The van der Waals surface area contributed by atoms with Gasteiger partial charge in [0, 0.05) is 36.7 Å². The van der Waals surface area contributed by atoms with Gasteiger partial charge in [0.05, 0.1) is 18.0 Å². The lowest BCUT2D eigenvalue weighted by molar-refractivity contribution is -0.134. The van der Waals surface area contributed by atoms with Gasteiger partial charge >= 0.3 is 0 Å². The third-order valence-electron chi connectivity index (χ3n) is 5.27. The fraction of sp³-hybridized carbons (Fsp3) is 0.389. The largest absolute Gasteiger partial charge is 0.463 e. The number of carbonyl (C=O) groups is 1. The van der Waals surface area contributed by atoms with Gasteiger partial charge < -0.3 is 9.32 Å². The Morgan fingerprint density at radius 1 is 1.42 bits per heavy atom. The molecule has 1 saturated heterocycles. The van der Waals surface area contributed by atoms with Crippen LogP contribution in [0.2, 0.25) is 0 Å². The highest BCUT2D eigenvalue weighted by molar-refractivity contribution is 5.77. The maximum absolute atomic E-state index is 12.3. The number of aromatic nitrogens is 3. The first-order valence-electron chi connectivity index (χ1n) is 8.49. The molecule has 0 aliphatic carbocycles. The predicted octanol–water partition coefficient (Wildman–Crippen LogP) is 2.99. The minimum absolute atomic E-state index is 0.152. The van der Waals surface area contributed by atoms with Gasteiger partial charge in [-0.3, -0.25) is 4.79 Å². The highest BCUT2D eigenvalue weighted by atomic mass is 16.3. The van der Waals surface area contributed by atoms with Crippen molar-refractivity contribution in [1.29, 1.82) is 0 Å². The van der Waals surface area contributed by atoms with Crippen LogP contribution in [0, 0.1) is 0 Å². The smallest absolute Gasteiger partial charge is 0.223 e. The van der Waals surface area contributed by atoms with Crippen molar-refractivity contribution >= 4 is 11.6 Å². The summed E-state index contributed by atoms with van der Waals surface area (Å²) in [6, 6.07) is 6.15. The van der Waals surface area contributed by atoms with Gasteiger partial charge in [0.1, 0.15) is 5.69 Å². The number of rotatable bonds is 2. The summed E-state index contributed by atoms with van der Waals surface area (Å²) < 4.78 is 7.39. The monoisotopic (exact) mass is 322 g/mol. The SMILES string of the molecule is CCC(=O)N1[C@H]2CC[C@H]1c1cnc3cc(-c4ccco4)nn3c1C2. The first-order chi connectivity index (χ1) is 11.8. The van der Waals surface area contributed by atoms with E-state index in [9.17, 15) is 4.79 Å². The van der Waals surface area contributed by atoms with E-state index in [1.807, 2.05) is 35.8 Å². The Labute approximate surface area is 139 Å². The molecule has 5 heterocycles. The van der Waals surface area contributed by atoms with Crippen molar-refractivity contribution in [2.45, 2.75) is 44.7 Å². The highest BCUT2D eigenvalue weighted by Crippen LogP contribution is 2.43. The van der Waals surface area contributed by atoms with Crippen molar-refractivity contribution in [1.82, 2.24) is 19.5 Å². The summed E-state index contributed by atoms with van der Waals surface area (Å²) in [6.07, 6.45) is 7.05. The molecule has 6 heteroatoms. The van der Waals surface area contributed by atoms with E-state index in [0.717, 1.165) is 41.9 Å². The van der Waals surface area contributed by atoms with Gasteiger partial charge in [0.2, 0.25) is 5.91 Å². The molecule has 1 amide bonds. The van der Waals surface area contributed by atoms with Crippen molar-refractivity contribution in [2.75, 3.05) is 0 Å². The summed E-state index contributed by atoms with van der Waals surface area (Å²) in [4.78, 5) is 19.0. The van der Waals surface area contributed by atoms with Gasteiger partial charge in [0.15, 0.2) is 11.4 Å². The first kappa shape index (κ1) is 13.8. The van der Waals surface area contributed by atoms with Crippen LogP contribution in [0.5, 0.6) is 0 Å². The zero-order valence-corrected chi connectivity index (χ0v) is 13.5. The molecule has 2 atom stereocenters. The van der Waals surface area contributed by atoms with E-state index in [2.05, 4.69) is 9.88 Å². The zero-order valence-electron chi connectivity index (χ0n) is 13.5. The fourth-order valence-electron chi connectivity index (χ4n) is 4.19. The Morgan fingerprint density at radius 3 is 3.12 bits per heavy atom. The van der Waals surface area contributed by atoms with Crippen LogP contribution in [-0.2, 0) is 11.2 Å². The lowest BCUT2D eigenvalue weighted by atomic mass is 9.99. The van der Waals surface area contributed by atoms with Crippen LogP contribution in [0.4, 0.5) is 0 Å². The summed E-state index contributed by atoms with van der Waals surface area (Å²) in [7, 11) is 0. The van der Waals surface area contributed by atoms with Crippen LogP contribution < -0.4 is 0 Å². The number of hydrogen-bond donors (Lipinski definition) is 0. The number of carbonyl (C=O) groups excluding carboxylic acids is 1. The Bertz CT molecular complexity index is 928. The van der Waals surface area contributed by atoms with Gasteiger partial charge in [-0.15, -0.1) is 0 Å². The molecule has 0 radical (unpaired) electrons. The molecule has 0 N–H and O–H groups in total. The second kappa shape index (κ2) is 4.93. The van der Waals surface area contributed by atoms with Crippen molar-refractivity contribution < 1.29 is 9.21 Å². The van der Waals surface area contributed by atoms with E-state index >= 15 is 0 Å². The van der Waals surface area contributed by atoms with Crippen LogP contribution >= 0.6 is 0 Å². The van der Waals surface area contributed by atoms with Crippen LogP contribution in [0.25, 0.3) is 17.1 Å². The van der Waals surface area contributed by atoms with Gasteiger partial charge in [-0.25, -0.2) is 9.50 Å². The Kier molecular flexibility index (Phi) is 2.83. The molecular formula is C18H18N4O2. The second-order valence-corrected chi connectivity index (χ2v) is 6.54. The maximum Gasteiger partial charge on any atom is 0.223 e. The average molecular weight is 322 g/mol. The minimum atomic E-state index is 0.152. The van der Waals surface area contributed by atoms with Gasteiger partial charge in [-0.1, -0.05) is 6.92 Å². The molecule has 2 aliphatic rings. The number of nitrogens with zero attached hydrogens (tertiary/aromatic N) is 4. The van der Waals surface area contributed by atoms with Crippen LogP contribution in [0.1, 0.15) is 43.5 Å². The molecular weight excluding hydrogens is 304 g/mol. The van der Waals surface area contributed by atoms with Crippen LogP contribution in [-0.4, -0.2) is 31.4 Å². The molecule has 0 saturated carbocycles. The highest BCUT2D eigenvalue weighted by Gasteiger charge is 2.43. The standard InChI is InChI=1S/C18H18N4O2/c1-2-18(23)21-11-5-6-14(21)12-10-19-17-9-13(16-4-3-7-24-16)20-22(17)15(12)8-11/h3-4,7,9-11,14H,2,5-6,8H2,1H3/t11-,14-/m0/s1. The Balaban J connectivity index is 1.65. The van der Waals surface area contributed by atoms with E-state index in [1.54, 1.807) is 6.26 Å². The molecule has 3 aromatic heterocycles. The topological polar surface area (TPSA) is 63.6 Å². The molecule has 2 bridgehead atoms. The molecule has 2 aliphatic heterocycles. The number of hydrogen-bond acceptors (Lipinski definition) is 4. The zero-order chi connectivity index (χ0) is 16.3. The van der Waals surface area contributed by atoms with Gasteiger partial charge in [-0.2, -0.15) is 5.10 Å². The van der Waals surface area contributed by atoms with Crippen molar-refractivity contribution in [3.63, 3.8) is 0 Å². The normalized spacial score (nSPS) is 22.1. The summed E-state index contributed by atoms with van der Waals surface area (Å²) >= 11 is 0. The van der Waals surface area contributed by atoms with Crippen LogP contribution in [0.15, 0.2) is 35.1 Å². The molecule has 0 spiro atoms. The Hall–Kier alpha value is -2.63. The average Bonchev–Trinajstić information content (AvgIpc) is 3.31. The van der Waals surface area contributed by atoms with Crippen molar-refractivity contribution in [3.8, 4) is 11.5 Å².